The van der Waals surface area contributed by atoms with E-state index in [0.29, 0.717) is 24.4 Å². The summed E-state index contributed by atoms with van der Waals surface area (Å²) in [6.45, 7) is 1.10. The van der Waals surface area contributed by atoms with Crippen molar-refractivity contribution in [2.45, 2.75) is 6.54 Å². The van der Waals surface area contributed by atoms with Crippen molar-refractivity contribution in [3.05, 3.63) is 46.3 Å². The molecule has 1 aromatic heterocycles. The van der Waals surface area contributed by atoms with Gasteiger partial charge in [0, 0.05) is 19.4 Å². The molecular weight excluding hydrogens is 274 g/mol. The van der Waals surface area contributed by atoms with Crippen molar-refractivity contribution in [1.29, 1.82) is 5.26 Å². The van der Waals surface area contributed by atoms with Crippen LogP contribution in [0.3, 0.4) is 0 Å². The smallest absolute Gasteiger partial charge is 0.292 e. The van der Waals surface area contributed by atoms with E-state index in [1.165, 1.54) is 18.2 Å². The Hall–Kier alpha value is -2.92. The quantitative estimate of drug-likeness (QED) is 0.643. The van der Waals surface area contributed by atoms with E-state index in [-0.39, 0.29) is 11.4 Å². The topological polar surface area (TPSA) is 106 Å². The molecule has 21 heavy (non-hydrogen) atoms. The zero-order valence-corrected chi connectivity index (χ0v) is 11.3. The van der Waals surface area contributed by atoms with Crippen molar-refractivity contribution >= 4 is 17.1 Å². The van der Waals surface area contributed by atoms with Gasteiger partial charge in [-0.3, -0.25) is 14.8 Å². The van der Waals surface area contributed by atoms with Crippen LogP contribution in [0, 0.1) is 21.4 Å². The summed E-state index contributed by atoms with van der Waals surface area (Å²) < 4.78 is 6.61. The number of benzene rings is 1. The minimum Gasteiger partial charge on any atom is -0.383 e. The molecule has 0 unspecified atom stereocenters. The van der Waals surface area contributed by atoms with E-state index in [4.69, 9.17) is 10.00 Å². The third-order valence-corrected chi connectivity index (χ3v) is 2.76. The predicted octanol–water partition coefficient (Wildman–Crippen LogP) is 2.05. The summed E-state index contributed by atoms with van der Waals surface area (Å²) in [7, 11) is 1.60. The maximum Gasteiger partial charge on any atom is 0.292 e. The van der Waals surface area contributed by atoms with E-state index in [2.05, 4.69) is 10.4 Å². The Morgan fingerprint density at radius 3 is 3.05 bits per heavy atom. The Labute approximate surface area is 120 Å². The fourth-order valence-electron chi connectivity index (χ4n) is 1.76. The minimum atomic E-state index is -0.501. The molecule has 0 aliphatic carbocycles. The summed E-state index contributed by atoms with van der Waals surface area (Å²) >= 11 is 0. The first-order chi connectivity index (χ1) is 10.1. The summed E-state index contributed by atoms with van der Waals surface area (Å²) in [6, 6.07) is 6.10. The molecule has 2 aromatic rings. The van der Waals surface area contributed by atoms with Crippen LogP contribution in [0.2, 0.25) is 0 Å². The SMILES string of the molecule is COCCn1cc(Nc2cc(C#N)ccc2[N+](=O)[O-])cn1. The lowest BCUT2D eigenvalue weighted by Crippen LogP contribution is -2.04. The normalized spacial score (nSPS) is 10.1. The largest absolute Gasteiger partial charge is 0.383 e. The highest BCUT2D eigenvalue weighted by Crippen LogP contribution is 2.28. The Morgan fingerprint density at radius 2 is 2.38 bits per heavy atom. The van der Waals surface area contributed by atoms with Crippen LogP contribution in [0.5, 0.6) is 0 Å². The van der Waals surface area contributed by atoms with Crippen molar-refractivity contribution in [2.75, 3.05) is 19.0 Å². The predicted molar refractivity (Wildman–Crippen MR) is 75.2 cm³/mol. The number of methoxy groups -OCH3 is 1. The molecule has 0 radical (unpaired) electrons. The Morgan fingerprint density at radius 1 is 1.57 bits per heavy atom. The van der Waals surface area contributed by atoms with Gasteiger partial charge in [-0.15, -0.1) is 0 Å². The first-order valence-corrected chi connectivity index (χ1v) is 6.11. The molecule has 0 bridgehead atoms. The number of rotatable bonds is 6. The molecule has 8 heteroatoms. The van der Waals surface area contributed by atoms with E-state index in [1.54, 1.807) is 24.2 Å². The molecule has 0 aliphatic heterocycles. The van der Waals surface area contributed by atoms with E-state index in [9.17, 15) is 10.1 Å². The highest BCUT2D eigenvalue weighted by molar-refractivity contribution is 5.70. The first-order valence-electron chi connectivity index (χ1n) is 6.11. The van der Waals surface area contributed by atoms with Crippen molar-refractivity contribution in [2.24, 2.45) is 0 Å². The van der Waals surface area contributed by atoms with Gasteiger partial charge in [0.1, 0.15) is 5.69 Å². The lowest BCUT2D eigenvalue weighted by atomic mass is 10.2. The van der Waals surface area contributed by atoms with Gasteiger partial charge in [-0.1, -0.05) is 0 Å². The number of nitriles is 1. The average Bonchev–Trinajstić information content (AvgIpc) is 2.92. The number of hydrogen-bond acceptors (Lipinski definition) is 6. The summed E-state index contributed by atoms with van der Waals surface area (Å²) in [5.74, 6) is 0. The highest BCUT2D eigenvalue weighted by atomic mass is 16.6. The first kappa shape index (κ1) is 14.5. The number of aromatic nitrogens is 2. The summed E-state index contributed by atoms with van der Waals surface area (Å²) in [5, 5.41) is 26.9. The van der Waals surface area contributed by atoms with Crippen LogP contribution >= 0.6 is 0 Å². The molecule has 1 N–H and O–H groups in total. The molecule has 0 atom stereocenters. The second-order valence-electron chi connectivity index (χ2n) is 4.21. The molecule has 108 valence electrons. The fourth-order valence-corrected chi connectivity index (χ4v) is 1.76. The number of ether oxygens (including phenoxy) is 1. The second-order valence-corrected chi connectivity index (χ2v) is 4.21. The van der Waals surface area contributed by atoms with Crippen LogP contribution in [0.4, 0.5) is 17.1 Å². The van der Waals surface area contributed by atoms with Gasteiger partial charge < -0.3 is 10.1 Å². The zero-order valence-electron chi connectivity index (χ0n) is 11.3. The van der Waals surface area contributed by atoms with Gasteiger partial charge in [0.2, 0.25) is 0 Å². The number of nitrogens with zero attached hydrogens (tertiary/aromatic N) is 4. The number of anilines is 2. The molecule has 8 nitrogen and oxygen atoms in total. The number of nitro benzene ring substituents is 1. The number of nitro groups is 1. The van der Waals surface area contributed by atoms with Gasteiger partial charge in [0.05, 0.1) is 41.6 Å². The van der Waals surface area contributed by atoms with Crippen LogP contribution in [0.25, 0.3) is 0 Å². The zero-order chi connectivity index (χ0) is 15.2. The summed E-state index contributed by atoms with van der Waals surface area (Å²) in [4.78, 5) is 10.5. The van der Waals surface area contributed by atoms with Gasteiger partial charge in [0.25, 0.3) is 5.69 Å². The lowest BCUT2D eigenvalue weighted by Gasteiger charge is -2.05. The van der Waals surface area contributed by atoms with E-state index >= 15 is 0 Å². The summed E-state index contributed by atoms with van der Waals surface area (Å²) in [5.41, 5.74) is 1.10. The molecule has 1 heterocycles. The van der Waals surface area contributed by atoms with Gasteiger partial charge in [-0.25, -0.2) is 0 Å². The maximum atomic E-state index is 11.0. The van der Waals surface area contributed by atoms with Gasteiger partial charge in [-0.2, -0.15) is 10.4 Å². The van der Waals surface area contributed by atoms with E-state index in [1.807, 2.05) is 6.07 Å². The molecule has 0 saturated carbocycles. The van der Waals surface area contributed by atoms with Crippen molar-refractivity contribution in [1.82, 2.24) is 9.78 Å². The van der Waals surface area contributed by atoms with E-state index < -0.39 is 4.92 Å². The lowest BCUT2D eigenvalue weighted by molar-refractivity contribution is -0.383. The maximum absolute atomic E-state index is 11.0. The molecular formula is C13H13N5O3. The third-order valence-electron chi connectivity index (χ3n) is 2.76. The Kier molecular flexibility index (Phi) is 4.48. The van der Waals surface area contributed by atoms with Gasteiger partial charge in [-0.05, 0) is 12.1 Å². The average molecular weight is 287 g/mol. The van der Waals surface area contributed by atoms with Crippen LogP contribution in [-0.2, 0) is 11.3 Å². The molecule has 0 spiro atoms. The number of nitrogens with one attached hydrogen (secondary N) is 1. The molecule has 0 saturated heterocycles. The Balaban J connectivity index is 2.23. The highest BCUT2D eigenvalue weighted by Gasteiger charge is 2.15. The monoisotopic (exact) mass is 287 g/mol. The summed E-state index contributed by atoms with van der Waals surface area (Å²) in [6.07, 6.45) is 3.26. The van der Waals surface area contributed by atoms with Crippen LogP contribution in [0.1, 0.15) is 5.56 Å². The van der Waals surface area contributed by atoms with E-state index in [0.717, 1.165) is 0 Å². The molecule has 0 amide bonds. The second kappa shape index (κ2) is 6.49. The number of hydrogen-bond donors (Lipinski definition) is 1. The van der Waals surface area contributed by atoms with Crippen molar-refractivity contribution < 1.29 is 9.66 Å². The van der Waals surface area contributed by atoms with Crippen LogP contribution in [-0.4, -0.2) is 28.4 Å². The van der Waals surface area contributed by atoms with Gasteiger partial charge in [0.15, 0.2) is 0 Å². The molecule has 2 rings (SSSR count). The van der Waals surface area contributed by atoms with Gasteiger partial charge >= 0.3 is 0 Å². The molecule has 0 fully saturated rings. The Bertz CT molecular complexity index is 689. The fraction of sp³-hybridized carbons (Fsp3) is 0.231. The standard InChI is InChI=1S/C13H13N5O3/c1-21-5-4-17-9-11(8-15-17)16-12-6-10(7-14)2-3-13(12)18(19)20/h2-3,6,8-9,16H,4-5H2,1H3. The third kappa shape index (κ3) is 3.55. The molecule has 1 aromatic carbocycles. The molecule has 0 aliphatic rings. The van der Waals surface area contributed by atoms with Crippen molar-refractivity contribution in [3.8, 4) is 6.07 Å². The minimum absolute atomic E-state index is 0.0985. The van der Waals surface area contributed by atoms with Crippen LogP contribution < -0.4 is 5.32 Å². The van der Waals surface area contributed by atoms with Crippen LogP contribution in [0.15, 0.2) is 30.6 Å². The van der Waals surface area contributed by atoms with Crippen molar-refractivity contribution in [3.63, 3.8) is 0 Å².